The summed E-state index contributed by atoms with van der Waals surface area (Å²) in [6, 6.07) is 5.31. The summed E-state index contributed by atoms with van der Waals surface area (Å²) < 4.78 is 0. The van der Waals surface area contributed by atoms with Crippen LogP contribution in [0.1, 0.15) is 23.8 Å². The van der Waals surface area contributed by atoms with Crippen molar-refractivity contribution in [3.8, 4) is 0 Å². The van der Waals surface area contributed by atoms with Crippen molar-refractivity contribution in [2.45, 2.75) is 13.3 Å². The highest BCUT2D eigenvalue weighted by atomic mass is 16.1. The second kappa shape index (κ2) is 4.44. The van der Waals surface area contributed by atoms with Crippen LogP contribution in [0.25, 0.3) is 0 Å². The van der Waals surface area contributed by atoms with Crippen LogP contribution in [0.15, 0.2) is 36.5 Å². The van der Waals surface area contributed by atoms with E-state index in [0.717, 1.165) is 6.42 Å². The van der Waals surface area contributed by atoms with Crippen LogP contribution in [0.3, 0.4) is 0 Å². The smallest absolute Gasteiger partial charge is 0.203 e. The van der Waals surface area contributed by atoms with E-state index in [2.05, 4.69) is 4.98 Å². The molecule has 2 nitrogen and oxygen atoms in total. The average molecular weight is 161 g/mol. The summed E-state index contributed by atoms with van der Waals surface area (Å²) in [6.45, 7) is 1.99. The van der Waals surface area contributed by atoms with Crippen molar-refractivity contribution >= 4 is 5.78 Å². The quantitative estimate of drug-likeness (QED) is 0.502. The van der Waals surface area contributed by atoms with Gasteiger partial charge in [-0.25, -0.2) is 0 Å². The zero-order chi connectivity index (χ0) is 8.81. The number of allylic oxidation sites excluding steroid dienone is 2. The molecular formula is C10H11NO. The minimum absolute atomic E-state index is 0.0301. The zero-order valence-electron chi connectivity index (χ0n) is 7.03. The Morgan fingerprint density at radius 1 is 1.58 bits per heavy atom. The SMILES string of the molecule is CCC=CC(=O)c1ccccn1. The maximum Gasteiger partial charge on any atom is 0.203 e. The van der Waals surface area contributed by atoms with Gasteiger partial charge in [-0.15, -0.1) is 0 Å². The Hall–Kier alpha value is -1.44. The molecule has 0 spiro atoms. The molecule has 0 saturated carbocycles. The van der Waals surface area contributed by atoms with Gasteiger partial charge in [0, 0.05) is 6.20 Å². The lowest BCUT2D eigenvalue weighted by molar-refractivity contribution is 0.104. The minimum atomic E-state index is -0.0301. The third-order valence-corrected chi connectivity index (χ3v) is 1.42. The molecule has 0 aliphatic heterocycles. The van der Waals surface area contributed by atoms with Crippen molar-refractivity contribution in [3.05, 3.63) is 42.2 Å². The Labute approximate surface area is 71.9 Å². The molecule has 2 heteroatoms. The maximum absolute atomic E-state index is 11.3. The van der Waals surface area contributed by atoms with Gasteiger partial charge in [-0.2, -0.15) is 0 Å². The molecule has 0 unspecified atom stereocenters. The minimum Gasteiger partial charge on any atom is -0.288 e. The monoisotopic (exact) mass is 161 g/mol. The number of hydrogen-bond acceptors (Lipinski definition) is 2. The molecule has 0 N–H and O–H groups in total. The lowest BCUT2D eigenvalue weighted by Gasteiger charge is -1.91. The first kappa shape index (κ1) is 8.65. The topological polar surface area (TPSA) is 30.0 Å². The second-order valence-electron chi connectivity index (χ2n) is 2.39. The number of carbonyl (C=O) groups excluding carboxylic acids is 1. The van der Waals surface area contributed by atoms with Gasteiger partial charge in [0.1, 0.15) is 5.69 Å². The van der Waals surface area contributed by atoms with Crippen molar-refractivity contribution in [2.75, 3.05) is 0 Å². The van der Waals surface area contributed by atoms with Crippen molar-refractivity contribution in [3.63, 3.8) is 0 Å². The highest BCUT2D eigenvalue weighted by molar-refractivity contribution is 6.02. The fraction of sp³-hybridized carbons (Fsp3) is 0.200. The summed E-state index contributed by atoms with van der Waals surface area (Å²) in [5.74, 6) is -0.0301. The Morgan fingerprint density at radius 2 is 2.42 bits per heavy atom. The van der Waals surface area contributed by atoms with Crippen LogP contribution >= 0.6 is 0 Å². The lowest BCUT2D eigenvalue weighted by atomic mass is 10.2. The molecule has 0 aromatic carbocycles. The fourth-order valence-corrected chi connectivity index (χ4v) is 0.819. The van der Waals surface area contributed by atoms with Crippen molar-refractivity contribution in [1.82, 2.24) is 4.98 Å². The van der Waals surface area contributed by atoms with E-state index < -0.39 is 0 Å². The summed E-state index contributed by atoms with van der Waals surface area (Å²) >= 11 is 0. The predicted molar refractivity (Wildman–Crippen MR) is 48.0 cm³/mol. The van der Waals surface area contributed by atoms with E-state index in [1.807, 2.05) is 13.0 Å². The van der Waals surface area contributed by atoms with Gasteiger partial charge in [0.05, 0.1) is 0 Å². The third kappa shape index (κ3) is 2.31. The van der Waals surface area contributed by atoms with Gasteiger partial charge in [-0.3, -0.25) is 9.78 Å². The van der Waals surface area contributed by atoms with Crippen LogP contribution in [0.2, 0.25) is 0 Å². The molecular weight excluding hydrogens is 150 g/mol. The van der Waals surface area contributed by atoms with E-state index in [1.165, 1.54) is 0 Å². The molecule has 1 aromatic heterocycles. The Kier molecular flexibility index (Phi) is 3.20. The van der Waals surface area contributed by atoms with Crippen molar-refractivity contribution in [1.29, 1.82) is 0 Å². The van der Waals surface area contributed by atoms with Gasteiger partial charge in [-0.1, -0.05) is 19.1 Å². The van der Waals surface area contributed by atoms with Gasteiger partial charge in [0.15, 0.2) is 0 Å². The van der Waals surface area contributed by atoms with E-state index >= 15 is 0 Å². The van der Waals surface area contributed by atoms with E-state index in [1.54, 1.807) is 30.5 Å². The van der Waals surface area contributed by atoms with Gasteiger partial charge in [0.25, 0.3) is 0 Å². The van der Waals surface area contributed by atoms with Gasteiger partial charge in [-0.05, 0) is 24.6 Å². The van der Waals surface area contributed by atoms with Gasteiger partial charge in [0.2, 0.25) is 5.78 Å². The Morgan fingerprint density at radius 3 is 3.00 bits per heavy atom. The number of hydrogen-bond donors (Lipinski definition) is 0. The molecule has 0 aliphatic rings. The maximum atomic E-state index is 11.3. The number of rotatable bonds is 3. The number of pyridine rings is 1. The van der Waals surface area contributed by atoms with Gasteiger partial charge >= 0.3 is 0 Å². The first-order valence-corrected chi connectivity index (χ1v) is 3.96. The van der Waals surface area contributed by atoms with E-state index in [0.29, 0.717) is 5.69 Å². The molecule has 62 valence electrons. The molecule has 12 heavy (non-hydrogen) atoms. The highest BCUT2D eigenvalue weighted by Gasteiger charge is 1.99. The van der Waals surface area contributed by atoms with Crippen LogP contribution in [0.4, 0.5) is 0 Å². The molecule has 1 aromatic rings. The van der Waals surface area contributed by atoms with E-state index in [9.17, 15) is 4.79 Å². The average Bonchev–Trinajstić information content (AvgIpc) is 2.15. The lowest BCUT2D eigenvalue weighted by Crippen LogP contribution is -1.96. The zero-order valence-corrected chi connectivity index (χ0v) is 7.03. The largest absolute Gasteiger partial charge is 0.288 e. The van der Waals surface area contributed by atoms with Crippen LogP contribution < -0.4 is 0 Å². The summed E-state index contributed by atoms with van der Waals surface area (Å²) in [4.78, 5) is 15.2. The van der Waals surface area contributed by atoms with Gasteiger partial charge < -0.3 is 0 Å². The highest BCUT2D eigenvalue weighted by Crippen LogP contribution is 1.96. The molecule has 1 heterocycles. The summed E-state index contributed by atoms with van der Waals surface area (Å²) in [7, 11) is 0. The Balaban J connectivity index is 2.72. The number of ketones is 1. The molecule has 0 atom stereocenters. The van der Waals surface area contributed by atoms with E-state index in [4.69, 9.17) is 0 Å². The summed E-state index contributed by atoms with van der Waals surface area (Å²) in [6.07, 6.45) is 5.88. The summed E-state index contributed by atoms with van der Waals surface area (Å²) in [5, 5.41) is 0. The standard InChI is InChI=1S/C10H11NO/c1-2-3-7-10(12)9-6-4-5-8-11-9/h3-8H,2H2,1H3. The molecule has 0 amide bonds. The molecule has 0 saturated heterocycles. The molecule has 1 rings (SSSR count). The van der Waals surface area contributed by atoms with Crippen LogP contribution in [-0.2, 0) is 0 Å². The second-order valence-corrected chi connectivity index (χ2v) is 2.39. The molecule has 0 fully saturated rings. The van der Waals surface area contributed by atoms with Crippen molar-refractivity contribution < 1.29 is 4.79 Å². The molecule has 0 bridgehead atoms. The number of carbonyl (C=O) groups is 1. The van der Waals surface area contributed by atoms with Crippen LogP contribution in [0, 0.1) is 0 Å². The Bertz CT molecular complexity index is 277. The van der Waals surface area contributed by atoms with Crippen molar-refractivity contribution in [2.24, 2.45) is 0 Å². The predicted octanol–water partition coefficient (Wildman–Crippen LogP) is 2.23. The van der Waals surface area contributed by atoms with Crippen LogP contribution in [-0.4, -0.2) is 10.8 Å². The number of aromatic nitrogens is 1. The normalized spacial score (nSPS) is 10.4. The van der Waals surface area contributed by atoms with Crippen LogP contribution in [0.5, 0.6) is 0 Å². The molecule has 0 radical (unpaired) electrons. The molecule has 0 aliphatic carbocycles. The summed E-state index contributed by atoms with van der Waals surface area (Å²) in [5.41, 5.74) is 0.502. The fourth-order valence-electron chi connectivity index (χ4n) is 0.819. The number of nitrogens with zero attached hydrogens (tertiary/aromatic N) is 1. The third-order valence-electron chi connectivity index (χ3n) is 1.42. The first-order chi connectivity index (χ1) is 5.84. The first-order valence-electron chi connectivity index (χ1n) is 3.96. The van der Waals surface area contributed by atoms with E-state index in [-0.39, 0.29) is 5.78 Å².